The van der Waals surface area contributed by atoms with Gasteiger partial charge >= 0.3 is 5.97 Å². The van der Waals surface area contributed by atoms with E-state index in [0.29, 0.717) is 84.5 Å². The summed E-state index contributed by atoms with van der Waals surface area (Å²) in [5.74, 6) is -8.36. The van der Waals surface area contributed by atoms with Gasteiger partial charge < -0.3 is 40.7 Å². The van der Waals surface area contributed by atoms with Gasteiger partial charge in [0.15, 0.2) is 0 Å². The van der Waals surface area contributed by atoms with E-state index in [4.69, 9.17) is 9.47 Å². The van der Waals surface area contributed by atoms with E-state index < -0.39 is 157 Å². The fraction of sp³-hybridized carbons (Fsp3) is 0.450. The second kappa shape index (κ2) is 31.4. The van der Waals surface area contributed by atoms with Crippen molar-refractivity contribution < 1.29 is 103 Å². The van der Waals surface area contributed by atoms with Crippen molar-refractivity contribution in [2.24, 2.45) is 0 Å². The van der Waals surface area contributed by atoms with E-state index >= 15 is 0 Å². The van der Waals surface area contributed by atoms with E-state index in [9.17, 15) is 93.9 Å². The molecule has 1 aliphatic carbocycles. The Balaban J connectivity index is 1.51. The van der Waals surface area contributed by atoms with Crippen molar-refractivity contribution in [2.75, 3.05) is 80.6 Å². The Bertz CT molecular complexity index is 4170. The van der Waals surface area contributed by atoms with Crippen LogP contribution in [0.4, 0.5) is 5.69 Å². The highest BCUT2D eigenvalue weighted by atomic mass is 32.2. The number of carboxylic acid groups (broad SMARTS) is 1. The number of rotatable bonds is 33. The second-order valence-corrected chi connectivity index (χ2v) is 31.4. The molecule has 520 valence electrons. The lowest BCUT2D eigenvalue weighted by Gasteiger charge is -2.31. The van der Waals surface area contributed by atoms with Gasteiger partial charge in [0.2, 0.25) is 0 Å². The van der Waals surface area contributed by atoms with Crippen molar-refractivity contribution in [1.82, 2.24) is 31.2 Å². The number of carbonyl (C=O) groups is 5. The lowest BCUT2D eigenvalue weighted by atomic mass is 9.73. The summed E-state index contributed by atoms with van der Waals surface area (Å²) in [5, 5.41) is 18.8. The first-order valence-electron chi connectivity index (χ1n) is 29.6. The molecule has 4 amide bonds. The molecule has 1 unspecified atom stereocenters. The van der Waals surface area contributed by atoms with E-state index in [1.807, 2.05) is 69.0 Å². The van der Waals surface area contributed by atoms with E-state index in [0.717, 1.165) is 16.8 Å². The third kappa shape index (κ3) is 21.9. The molecule has 2 aliphatic rings. The molecule has 2 aromatic heterocycles. The number of unbranched alkanes of at least 4 members (excludes halogenated alkanes) is 3. The number of hydrogen-bond donors (Lipinski definition) is 10. The summed E-state index contributed by atoms with van der Waals surface area (Å²) in [5.41, 5.74) is 1.93. The highest BCUT2D eigenvalue weighted by Crippen LogP contribution is 2.54. The van der Waals surface area contributed by atoms with Crippen LogP contribution in [-0.2, 0) is 66.2 Å². The molecule has 6 rings (SSSR count). The summed E-state index contributed by atoms with van der Waals surface area (Å²) in [6.07, 6.45) is 10.3. The quantitative estimate of drug-likeness (QED) is 0.0223. The molecule has 35 heteroatoms. The van der Waals surface area contributed by atoms with Gasteiger partial charge in [-0.05, 0) is 132 Å². The highest BCUT2D eigenvalue weighted by molar-refractivity contribution is 7.86. The minimum atomic E-state index is -4.52. The van der Waals surface area contributed by atoms with Crippen molar-refractivity contribution in [2.45, 2.75) is 95.8 Å². The maximum absolute atomic E-state index is 13.6. The van der Waals surface area contributed by atoms with Crippen LogP contribution in [0.15, 0.2) is 84.1 Å². The molecule has 0 spiro atoms. The number of allylic oxidation sites excluding steroid dienone is 6. The number of carbonyl (C=O) groups excluding carboxylic acids is 4. The largest absolute Gasteiger partial charge is 0.496 e. The van der Waals surface area contributed by atoms with Crippen molar-refractivity contribution in [1.29, 1.82) is 0 Å². The number of nitrogens with one attached hydrogen (secondary N) is 4. The summed E-state index contributed by atoms with van der Waals surface area (Å²) in [7, 11) is -19.5. The standard InChI is InChI=1S/C60H77N7O23S5/c1-59(2)42(18-17-37(13-9-11-24-91(74,75)76)53-43(59)29-38(35-49(53)89-5)40-31-45(55(70)61-19-25-92(77,78)79)65-46(32-40)56(71)62-20-26-93(80,81)82)14-12-15-51-60(3,4)44-30-39(36-50(90-6)54(44)67(51)23-10-7-8-16-52(68)69)41-33-47(57(72)63-21-27-94(83,84)85)66-48(34-41)58(73)64-22-28-95(86,87)88/h12,14-15,18,29-37H,7-11,13,16-17,19-28H2,1-6H3,(H,61,70)(H,62,71)(H,63,72)(H,64,73)(H,68,69)(H,74,75,76)(H,77,78,79)(H,80,81,82)(H,83,84,85)(H,86,87,88). The van der Waals surface area contributed by atoms with Crippen LogP contribution in [0.5, 0.6) is 11.5 Å². The van der Waals surface area contributed by atoms with Crippen LogP contribution in [0.3, 0.4) is 0 Å². The molecular weight excluding hydrogens is 1350 g/mol. The van der Waals surface area contributed by atoms with Crippen LogP contribution in [0.2, 0.25) is 0 Å². The van der Waals surface area contributed by atoms with Crippen molar-refractivity contribution >= 4 is 85.9 Å². The molecule has 0 saturated carbocycles. The molecular formula is C60H77N7O23S5. The molecule has 2 aromatic carbocycles. The molecule has 3 heterocycles. The van der Waals surface area contributed by atoms with Gasteiger partial charge in [-0.1, -0.05) is 58.8 Å². The number of anilines is 1. The normalized spacial score (nSPS) is 15.9. The zero-order valence-corrected chi connectivity index (χ0v) is 56.8. The average molecular weight is 1420 g/mol. The fourth-order valence-electron chi connectivity index (χ4n) is 11.1. The summed E-state index contributed by atoms with van der Waals surface area (Å²) in [6, 6.07) is 12.2. The van der Waals surface area contributed by atoms with E-state index in [2.05, 4.69) is 31.2 Å². The topological polar surface area (TPSA) is 473 Å². The highest BCUT2D eigenvalue weighted by Gasteiger charge is 2.43. The van der Waals surface area contributed by atoms with Crippen molar-refractivity contribution in [3.8, 4) is 33.8 Å². The molecule has 1 aliphatic heterocycles. The molecule has 4 aromatic rings. The number of ether oxygens (including phenoxy) is 2. The van der Waals surface area contributed by atoms with Gasteiger partial charge in [0, 0.05) is 61.2 Å². The predicted octanol–water partition coefficient (Wildman–Crippen LogP) is 4.93. The van der Waals surface area contributed by atoms with Crippen LogP contribution < -0.4 is 35.6 Å². The Morgan fingerprint density at radius 3 is 1.36 bits per heavy atom. The summed E-state index contributed by atoms with van der Waals surface area (Å²) < 4.78 is 175. The van der Waals surface area contributed by atoms with Crippen LogP contribution in [0, 0.1) is 0 Å². The Kier molecular flexibility index (Phi) is 25.2. The van der Waals surface area contributed by atoms with Gasteiger partial charge in [0.25, 0.3) is 74.2 Å². The number of methoxy groups -OCH3 is 2. The number of amides is 4. The first-order chi connectivity index (χ1) is 44.1. The lowest BCUT2D eigenvalue weighted by molar-refractivity contribution is -0.137. The number of benzene rings is 2. The zero-order valence-electron chi connectivity index (χ0n) is 52.7. The van der Waals surface area contributed by atoms with Gasteiger partial charge in [-0.2, -0.15) is 42.1 Å². The Labute approximate surface area is 551 Å². The molecule has 30 nitrogen and oxygen atoms in total. The molecule has 1 atom stereocenters. The Morgan fingerprint density at radius 2 is 0.947 bits per heavy atom. The minimum Gasteiger partial charge on any atom is -0.496 e. The smallest absolute Gasteiger partial charge is 0.303 e. The van der Waals surface area contributed by atoms with Gasteiger partial charge in [0.1, 0.15) is 34.3 Å². The zero-order chi connectivity index (χ0) is 70.6. The molecule has 10 N–H and O–H groups in total. The number of pyridine rings is 2. The first-order valence-corrected chi connectivity index (χ1v) is 37.6. The fourth-order valence-corrected chi connectivity index (χ4v) is 13.1. The third-order valence-corrected chi connectivity index (χ3v) is 19.5. The van der Waals surface area contributed by atoms with Crippen molar-refractivity contribution in [3.05, 3.63) is 124 Å². The number of nitrogens with zero attached hydrogens (tertiary/aromatic N) is 3. The number of aromatic nitrogens is 2. The maximum atomic E-state index is 13.6. The number of carboxylic acids is 1. The van der Waals surface area contributed by atoms with E-state index in [-0.39, 0.29) is 41.3 Å². The third-order valence-electron chi connectivity index (χ3n) is 15.8. The molecule has 0 radical (unpaired) electrons. The molecule has 0 saturated heterocycles. The van der Waals surface area contributed by atoms with Crippen LogP contribution in [0.1, 0.15) is 144 Å². The van der Waals surface area contributed by atoms with Crippen LogP contribution >= 0.6 is 0 Å². The number of fused-ring (bicyclic) bond motifs is 2. The summed E-state index contributed by atoms with van der Waals surface area (Å²) >= 11 is 0. The number of aliphatic carboxylic acids is 1. The average Bonchev–Trinajstić information content (AvgIpc) is 1.60. The first kappa shape index (κ1) is 76.3. The molecule has 95 heavy (non-hydrogen) atoms. The predicted molar refractivity (Wildman–Crippen MR) is 350 cm³/mol. The van der Waals surface area contributed by atoms with Gasteiger partial charge in [-0.3, -0.25) is 46.7 Å². The summed E-state index contributed by atoms with van der Waals surface area (Å²) in [4.78, 5) is 76.3. The lowest BCUT2D eigenvalue weighted by Crippen LogP contribution is -2.32. The van der Waals surface area contributed by atoms with Crippen LogP contribution in [-0.4, -0.2) is 185 Å². The van der Waals surface area contributed by atoms with Crippen molar-refractivity contribution in [3.63, 3.8) is 0 Å². The van der Waals surface area contributed by atoms with E-state index in [1.54, 1.807) is 12.1 Å². The van der Waals surface area contributed by atoms with Gasteiger partial charge in [-0.25, -0.2) is 9.97 Å². The van der Waals surface area contributed by atoms with Crippen LogP contribution in [0.25, 0.3) is 22.3 Å². The Morgan fingerprint density at radius 1 is 0.537 bits per heavy atom. The Hall–Kier alpha value is -7.74. The van der Waals surface area contributed by atoms with Gasteiger partial charge in [0.05, 0.1) is 48.7 Å². The molecule has 0 fully saturated rings. The molecule has 0 bridgehead atoms. The maximum Gasteiger partial charge on any atom is 0.303 e. The van der Waals surface area contributed by atoms with Gasteiger partial charge in [-0.15, -0.1) is 0 Å². The SMILES string of the molecule is COc1cc(-c2cc(C(=O)NCCS(=O)(=O)O)nc(C(=O)NCCS(=O)(=O)O)c2)cc2c1C(CCCCS(=O)(=O)O)CC=C(C=CC=C1N(CCCCCC(=O)O)c3c(OC)cc(-c4cc(C(=O)NCCS(=O)(=O)O)nc(C(=O)NCCS(=O)(=O)O)c4)cc3C1(C)C)C2(C)C. The summed E-state index contributed by atoms with van der Waals surface area (Å²) in [6.45, 7) is 5.94. The second-order valence-electron chi connectivity index (χ2n) is 23.5. The minimum absolute atomic E-state index is 0.0665. The number of hydrogen-bond acceptors (Lipinski definition) is 20. The monoisotopic (exact) mass is 1420 g/mol. The van der Waals surface area contributed by atoms with E-state index in [1.165, 1.54) is 38.5 Å².